The summed E-state index contributed by atoms with van der Waals surface area (Å²) in [6.07, 6.45) is 1.75. The van der Waals surface area contributed by atoms with Crippen molar-refractivity contribution < 1.29 is 4.74 Å². The van der Waals surface area contributed by atoms with Crippen LogP contribution in [0.4, 0.5) is 0 Å². The van der Waals surface area contributed by atoms with Crippen molar-refractivity contribution in [3.05, 3.63) is 56.9 Å². The van der Waals surface area contributed by atoms with E-state index in [0.717, 1.165) is 33.8 Å². The van der Waals surface area contributed by atoms with Crippen LogP contribution in [0.1, 0.15) is 33.9 Å². The molecular formula is C18H22N6OS. The highest BCUT2D eigenvalue weighted by Gasteiger charge is 2.09. The number of nitrogens with zero attached hydrogens (tertiary/aromatic N) is 5. The Morgan fingerprint density at radius 1 is 1.19 bits per heavy atom. The minimum Gasteiger partial charge on any atom is -0.486 e. The molecule has 0 spiro atoms. The maximum absolute atomic E-state index is 5.87. The summed E-state index contributed by atoms with van der Waals surface area (Å²) in [5, 5.41) is 15.9. The first kappa shape index (κ1) is 18.1. The molecule has 7 nitrogen and oxygen atoms in total. The molecule has 136 valence electrons. The van der Waals surface area contributed by atoms with Crippen LogP contribution in [0.2, 0.25) is 0 Å². The molecule has 2 heterocycles. The Balaban J connectivity index is 1.83. The van der Waals surface area contributed by atoms with E-state index < -0.39 is 0 Å². The van der Waals surface area contributed by atoms with Crippen LogP contribution in [0.25, 0.3) is 0 Å². The van der Waals surface area contributed by atoms with E-state index in [1.54, 1.807) is 10.9 Å². The molecule has 0 bridgehead atoms. The van der Waals surface area contributed by atoms with E-state index in [1.165, 1.54) is 0 Å². The summed E-state index contributed by atoms with van der Waals surface area (Å²) in [4.78, 5) is 0. The second kappa shape index (κ2) is 7.25. The number of hydrogen-bond donors (Lipinski definition) is 1. The van der Waals surface area contributed by atoms with Crippen LogP contribution < -0.4 is 4.74 Å². The normalized spacial score (nSPS) is 11.4. The molecule has 3 aromatic rings. The molecule has 1 N–H and O–H groups in total. The SMILES string of the molecule is Cc1cc(C)cc(OCc2n[nH]c(=S)n2/N=C\c2c(C)nn(C)c2C)c1. The average Bonchev–Trinajstić information content (AvgIpc) is 3.03. The minimum atomic E-state index is 0.262. The van der Waals surface area contributed by atoms with Gasteiger partial charge in [-0.2, -0.15) is 20.0 Å². The second-order valence-corrected chi connectivity index (χ2v) is 6.71. The van der Waals surface area contributed by atoms with Crippen molar-refractivity contribution >= 4 is 18.4 Å². The van der Waals surface area contributed by atoms with Crippen LogP contribution in [0.3, 0.4) is 0 Å². The molecule has 0 unspecified atom stereocenters. The summed E-state index contributed by atoms with van der Waals surface area (Å²) >= 11 is 5.29. The highest BCUT2D eigenvalue weighted by atomic mass is 32.1. The largest absolute Gasteiger partial charge is 0.486 e. The maximum atomic E-state index is 5.87. The lowest BCUT2D eigenvalue weighted by Gasteiger charge is -2.07. The van der Waals surface area contributed by atoms with Gasteiger partial charge in [-0.25, -0.2) is 5.10 Å². The third-order valence-electron chi connectivity index (χ3n) is 4.15. The maximum Gasteiger partial charge on any atom is 0.216 e. The number of aromatic amines is 1. The molecule has 0 atom stereocenters. The molecule has 26 heavy (non-hydrogen) atoms. The lowest BCUT2D eigenvalue weighted by molar-refractivity contribution is 0.290. The molecule has 1 aromatic carbocycles. The number of ether oxygens (including phenoxy) is 1. The Morgan fingerprint density at radius 3 is 2.50 bits per heavy atom. The third kappa shape index (κ3) is 3.75. The van der Waals surface area contributed by atoms with Gasteiger partial charge in [-0.3, -0.25) is 4.68 Å². The van der Waals surface area contributed by atoms with Gasteiger partial charge >= 0.3 is 0 Å². The van der Waals surface area contributed by atoms with Gasteiger partial charge in [0.05, 0.1) is 11.9 Å². The van der Waals surface area contributed by atoms with Gasteiger partial charge < -0.3 is 4.74 Å². The zero-order valence-corrected chi connectivity index (χ0v) is 16.4. The summed E-state index contributed by atoms with van der Waals surface area (Å²) in [7, 11) is 1.91. The molecule has 0 aliphatic heterocycles. The van der Waals surface area contributed by atoms with E-state index in [4.69, 9.17) is 17.0 Å². The van der Waals surface area contributed by atoms with Crippen LogP contribution in [-0.4, -0.2) is 30.9 Å². The van der Waals surface area contributed by atoms with Gasteiger partial charge in [0.1, 0.15) is 12.4 Å². The average molecular weight is 370 g/mol. The second-order valence-electron chi connectivity index (χ2n) is 6.32. The van der Waals surface area contributed by atoms with Gasteiger partial charge in [0.25, 0.3) is 0 Å². The Kier molecular flexibility index (Phi) is 5.03. The van der Waals surface area contributed by atoms with Crippen LogP contribution in [0.15, 0.2) is 23.3 Å². The van der Waals surface area contributed by atoms with Gasteiger partial charge in [-0.05, 0) is 63.2 Å². The van der Waals surface area contributed by atoms with E-state index in [0.29, 0.717) is 10.6 Å². The number of rotatable bonds is 5. The Hall–Kier alpha value is -2.74. The molecule has 0 amide bonds. The third-order valence-corrected chi connectivity index (χ3v) is 4.41. The van der Waals surface area contributed by atoms with E-state index in [1.807, 2.05) is 51.6 Å². The molecule has 3 rings (SSSR count). The fraction of sp³-hybridized carbons (Fsp3) is 0.333. The van der Waals surface area contributed by atoms with Crippen LogP contribution in [0.5, 0.6) is 5.75 Å². The Morgan fingerprint density at radius 2 is 1.88 bits per heavy atom. The highest BCUT2D eigenvalue weighted by molar-refractivity contribution is 7.71. The van der Waals surface area contributed by atoms with Gasteiger partial charge in [-0.15, -0.1) is 0 Å². The monoisotopic (exact) mass is 370 g/mol. The Labute approximate surface area is 157 Å². The summed E-state index contributed by atoms with van der Waals surface area (Å²) in [5.41, 5.74) is 5.22. The van der Waals surface area contributed by atoms with Gasteiger partial charge in [0.2, 0.25) is 4.77 Å². The summed E-state index contributed by atoms with van der Waals surface area (Å²) in [6, 6.07) is 6.08. The quantitative estimate of drug-likeness (QED) is 0.552. The first-order valence-electron chi connectivity index (χ1n) is 8.27. The first-order chi connectivity index (χ1) is 12.3. The first-order valence-corrected chi connectivity index (χ1v) is 8.68. The summed E-state index contributed by atoms with van der Waals surface area (Å²) < 4.78 is 9.69. The molecular weight excluding hydrogens is 348 g/mol. The van der Waals surface area contributed by atoms with Crippen LogP contribution in [0, 0.1) is 32.5 Å². The molecule has 0 saturated heterocycles. The predicted molar refractivity (Wildman–Crippen MR) is 103 cm³/mol. The number of aryl methyl sites for hydroxylation is 4. The lowest BCUT2D eigenvalue weighted by Crippen LogP contribution is -2.05. The molecule has 0 aliphatic rings. The van der Waals surface area contributed by atoms with Crippen LogP contribution >= 0.6 is 12.2 Å². The lowest BCUT2D eigenvalue weighted by atomic mass is 10.1. The topological polar surface area (TPSA) is 73.0 Å². The molecule has 0 fully saturated rings. The predicted octanol–water partition coefficient (Wildman–Crippen LogP) is 3.37. The van der Waals surface area contributed by atoms with E-state index in [2.05, 4.69) is 26.5 Å². The van der Waals surface area contributed by atoms with E-state index in [-0.39, 0.29) is 6.61 Å². The zero-order chi connectivity index (χ0) is 18.8. The molecule has 2 aromatic heterocycles. The highest BCUT2D eigenvalue weighted by Crippen LogP contribution is 2.17. The van der Waals surface area contributed by atoms with Crippen molar-refractivity contribution in [3.8, 4) is 5.75 Å². The number of hydrogen-bond acceptors (Lipinski definition) is 5. The number of benzene rings is 1. The fourth-order valence-electron chi connectivity index (χ4n) is 2.79. The molecule has 0 radical (unpaired) electrons. The van der Waals surface area contributed by atoms with Crippen molar-refractivity contribution in [1.82, 2.24) is 24.7 Å². The molecule has 0 aliphatic carbocycles. The van der Waals surface area contributed by atoms with Crippen molar-refractivity contribution in [2.24, 2.45) is 12.1 Å². The zero-order valence-electron chi connectivity index (χ0n) is 15.6. The van der Waals surface area contributed by atoms with Crippen LogP contribution in [-0.2, 0) is 13.7 Å². The standard InChI is InChI=1S/C18H22N6OS/c1-11-6-12(2)8-15(7-11)25-10-17-20-21-18(26)24(17)19-9-16-13(3)22-23(5)14(16)4/h6-9H,10H2,1-5H3,(H,21,26)/b19-9-. The fourth-order valence-corrected chi connectivity index (χ4v) is 2.99. The van der Waals surface area contributed by atoms with Crippen molar-refractivity contribution in [3.63, 3.8) is 0 Å². The Bertz CT molecular complexity index is 1010. The van der Waals surface area contributed by atoms with Crippen molar-refractivity contribution in [2.45, 2.75) is 34.3 Å². The summed E-state index contributed by atoms with van der Waals surface area (Å²) in [5.74, 6) is 1.40. The number of H-pyrrole nitrogens is 1. The van der Waals surface area contributed by atoms with E-state index >= 15 is 0 Å². The summed E-state index contributed by atoms with van der Waals surface area (Å²) in [6.45, 7) is 8.29. The number of nitrogens with one attached hydrogen (secondary N) is 1. The van der Waals surface area contributed by atoms with Crippen molar-refractivity contribution in [2.75, 3.05) is 0 Å². The number of aromatic nitrogens is 5. The van der Waals surface area contributed by atoms with E-state index in [9.17, 15) is 0 Å². The molecule has 8 heteroatoms. The van der Waals surface area contributed by atoms with Crippen molar-refractivity contribution in [1.29, 1.82) is 0 Å². The molecule has 0 saturated carbocycles. The minimum absolute atomic E-state index is 0.262. The van der Waals surface area contributed by atoms with Gasteiger partial charge in [0, 0.05) is 18.3 Å². The smallest absolute Gasteiger partial charge is 0.216 e. The van der Waals surface area contributed by atoms with Gasteiger partial charge in [0.15, 0.2) is 5.82 Å². The van der Waals surface area contributed by atoms with Gasteiger partial charge in [-0.1, -0.05) is 6.07 Å².